The largest absolute Gasteiger partial charge is 0.392 e. The molecular formula is C12H15FN2O. The summed E-state index contributed by atoms with van der Waals surface area (Å²) >= 11 is 0. The molecule has 16 heavy (non-hydrogen) atoms. The van der Waals surface area contributed by atoms with Crippen LogP contribution in [0.5, 0.6) is 0 Å². The molecule has 1 aromatic carbocycles. The van der Waals surface area contributed by atoms with Gasteiger partial charge in [-0.3, -0.25) is 4.68 Å². The maximum absolute atomic E-state index is 13.2. The van der Waals surface area contributed by atoms with Crippen LogP contribution in [0.25, 0.3) is 10.9 Å². The molecule has 0 amide bonds. The molecule has 0 aliphatic heterocycles. The standard InChI is InChI=1S/C12H15FN2O/c1-8(2)6-15-12-9(5-14-15)3-11(13)4-10(12)7-16/h3-5,8,16H,6-7H2,1-2H3. The van der Waals surface area contributed by atoms with Gasteiger partial charge in [0.05, 0.1) is 18.3 Å². The van der Waals surface area contributed by atoms with Crippen LogP contribution in [0.1, 0.15) is 19.4 Å². The lowest BCUT2D eigenvalue weighted by atomic mass is 10.1. The van der Waals surface area contributed by atoms with Crippen LogP contribution in [0.15, 0.2) is 18.3 Å². The number of fused-ring (bicyclic) bond motifs is 1. The van der Waals surface area contributed by atoms with E-state index in [0.717, 1.165) is 17.4 Å². The van der Waals surface area contributed by atoms with Crippen LogP contribution in [-0.4, -0.2) is 14.9 Å². The number of hydrogen-bond acceptors (Lipinski definition) is 2. The number of aliphatic hydroxyl groups excluding tert-OH is 1. The molecule has 0 unspecified atom stereocenters. The van der Waals surface area contributed by atoms with Crippen molar-refractivity contribution in [2.45, 2.75) is 27.0 Å². The zero-order chi connectivity index (χ0) is 11.7. The van der Waals surface area contributed by atoms with Gasteiger partial charge in [-0.25, -0.2) is 4.39 Å². The highest BCUT2D eigenvalue weighted by Gasteiger charge is 2.10. The van der Waals surface area contributed by atoms with Gasteiger partial charge in [0, 0.05) is 17.5 Å². The third-order valence-corrected chi connectivity index (χ3v) is 2.49. The fraction of sp³-hybridized carbons (Fsp3) is 0.417. The molecule has 2 aromatic rings. The highest BCUT2D eigenvalue weighted by atomic mass is 19.1. The van der Waals surface area contributed by atoms with Crippen LogP contribution in [-0.2, 0) is 13.2 Å². The molecule has 3 nitrogen and oxygen atoms in total. The van der Waals surface area contributed by atoms with Crippen molar-refractivity contribution in [3.05, 3.63) is 29.7 Å². The quantitative estimate of drug-likeness (QED) is 0.865. The number of hydrogen-bond donors (Lipinski definition) is 1. The van der Waals surface area contributed by atoms with E-state index in [1.807, 2.05) is 4.68 Å². The van der Waals surface area contributed by atoms with E-state index in [9.17, 15) is 9.50 Å². The first-order valence-electron chi connectivity index (χ1n) is 5.36. The summed E-state index contributed by atoms with van der Waals surface area (Å²) in [6, 6.07) is 2.80. The van der Waals surface area contributed by atoms with Crippen molar-refractivity contribution in [1.82, 2.24) is 9.78 Å². The van der Waals surface area contributed by atoms with Gasteiger partial charge in [0.1, 0.15) is 5.82 Å². The Balaban J connectivity index is 2.60. The molecule has 0 saturated heterocycles. The topological polar surface area (TPSA) is 38.0 Å². The van der Waals surface area contributed by atoms with Crippen LogP contribution in [0, 0.1) is 11.7 Å². The summed E-state index contributed by atoms with van der Waals surface area (Å²) in [6.45, 7) is 4.78. The van der Waals surface area contributed by atoms with Crippen molar-refractivity contribution in [3.63, 3.8) is 0 Å². The fourth-order valence-corrected chi connectivity index (χ4v) is 1.89. The number of halogens is 1. The second-order valence-electron chi connectivity index (χ2n) is 4.38. The zero-order valence-corrected chi connectivity index (χ0v) is 9.44. The Morgan fingerprint density at radius 3 is 2.81 bits per heavy atom. The molecule has 86 valence electrons. The van der Waals surface area contributed by atoms with E-state index in [2.05, 4.69) is 18.9 Å². The predicted molar refractivity (Wildman–Crippen MR) is 60.5 cm³/mol. The lowest BCUT2D eigenvalue weighted by molar-refractivity contribution is 0.282. The van der Waals surface area contributed by atoms with Gasteiger partial charge in [0.15, 0.2) is 0 Å². The van der Waals surface area contributed by atoms with Crippen molar-refractivity contribution in [3.8, 4) is 0 Å². The van der Waals surface area contributed by atoms with E-state index in [0.29, 0.717) is 11.5 Å². The molecule has 0 radical (unpaired) electrons. The Kier molecular flexibility index (Phi) is 2.92. The molecule has 1 N–H and O–H groups in total. The first kappa shape index (κ1) is 11.1. The van der Waals surface area contributed by atoms with Crippen molar-refractivity contribution in [1.29, 1.82) is 0 Å². The van der Waals surface area contributed by atoms with Gasteiger partial charge < -0.3 is 5.11 Å². The monoisotopic (exact) mass is 222 g/mol. The van der Waals surface area contributed by atoms with Crippen LogP contribution in [0.3, 0.4) is 0 Å². The minimum Gasteiger partial charge on any atom is -0.392 e. The lowest BCUT2D eigenvalue weighted by Gasteiger charge is -2.09. The molecule has 0 aliphatic rings. The summed E-state index contributed by atoms with van der Waals surface area (Å²) < 4.78 is 15.0. The van der Waals surface area contributed by atoms with Crippen LogP contribution in [0.4, 0.5) is 4.39 Å². The Hall–Kier alpha value is -1.42. The summed E-state index contributed by atoms with van der Waals surface area (Å²) in [5.74, 6) is 0.125. The van der Waals surface area contributed by atoms with E-state index in [-0.39, 0.29) is 12.4 Å². The summed E-state index contributed by atoms with van der Waals surface area (Å²) in [4.78, 5) is 0. The first-order valence-corrected chi connectivity index (χ1v) is 5.36. The Labute approximate surface area is 93.5 Å². The molecule has 0 fully saturated rings. The summed E-state index contributed by atoms with van der Waals surface area (Å²) in [5.41, 5.74) is 1.42. The second kappa shape index (κ2) is 4.22. The van der Waals surface area contributed by atoms with Gasteiger partial charge in [0.25, 0.3) is 0 Å². The van der Waals surface area contributed by atoms with Gasteiger partial charge in [-0.1, -0.05) is 13.8 Å². The first-order chi connectivity index (χ1) is 7.61. The minimum atomic E-state index is -0.333. The molecule has 0 aliphatic carbocycles. The molecule has 4 heteroatoms. The molecule has 1 heterocycles. The molecule has 0 saturated carbocycles. The maximum atomic E-state index is 13.2. The molecule has 2 rings (SSSR count). The minimum absolute atomic E-state index is 0.169. The van der Waals surface area contributed by atoms with Crippen molar-refractivity contribution < 1.29 is 9.50 Å². The van der Waals surface area contributed by atoms with Crippen LogP contribution >= 0.6 is 0 Å². The highest BCUT2D eigenvalue weighted by molar-refractivity contribution is 5.82. The number of aromatic nitrogens is 2. The van der Waals surface area contributed by atoms with Gasteiger partial charge >= 0.3 is 0 Å². The number of rotatable bonds is 3. The van der Waals surface area contributed by atoms with Gasteiger partial charge in [-0.15, -0.1) is 0 Å². The summed E-state index contributed by atoms with van der Waals surface area (Å²) in [5, 5.41) is 14.2. The van der Waals surface area contributed by atoms with E-state index >= 15 is 0 Å². The SMILES string of the molecule is CC(C)Cn1ncc2cc(F)cc(CO)c21. The van der Waals surface area contributed by atoms with Crippen molar-refractivity contribution >= 4 is 10.9 Å². The Morgan fingerprint density at radius 1 is 1.44 bits per heavy atom. The van der Waals surface area contributed by atoms with E-state index in [1.54, 1.807) is 6.20 Å². The van der Waals surface area contributed by atoms with Crippen molar-refractivity contribution in [2.75, 3.05) is 0 Å². The van der Waals surface area contributed by atoms with E-state index in [4.69, 9.17) is 0 Å². The summed E-state index contributed by atoms with van der Waals surface area (Å²) in [6.07, 6.45) is 1.64. The highest BCUT2D eigenvalue weighted by Crippen LogP contribution is 2.21. The number of benzene rings is 1. The Bertz CT molecular complexity index is 505. The average Bonchev–Trinajstić information content (AvgIpc) is 2.59. The van der Waals surface area contributed by atoms with Crippen LogP contribution in [0.2, 0.25) is 0 Å². The predicted octanol–water partition coefficient (Wildman–Crippen LogP) is 2.32. The van der Waals surface area contributed by atoms with E-state index in [1.165, 1.54) is 12.1 Å². The number of nitrogens with zero attached hydrogens (tertiary/aromatic N) is 2. The lowest BCUT2D eigenvalue weighted by Crippen LogP contribution is -2.07. The van der Waals surface area contributed by atoms with Gasteiger partial charge in [0.2, 0.25) is 0 Å². The average molecular weight is 222 g/mol. The molecule has 1 aromatic heterocycles. The molecular weight excluding hydrogens is 207 g/mol. The van der Waals surface area contributed by atoms with Crippen LogP contribution < -0.4 is 0 Å². The molecule has 0 bridgehead atoms. The van der Waals surface area contributed by atoms with Gasteiger partial charge in [-0.2, -0.15) is 5.10 Å². The molecule has 0 atom stereocenters. The third kappa shape index (κ3) is 1.93. The zero-order valence-electron chi connectivity index (χ0n) is 9.44. The third-order valence-electron chi connectivity index (χ3n) is 2.49. The fourth-order valence-electron chi connectivity index (χ4n) is 1.89. The normalized spacial score (nSPS) is 11.6. The van der Waals surface area contributed by atoms with Gasteiger partial charge in [-0.05, 0) is 18.1 Å². The van der Waals surface area contributed by atoms with Crippen molar-refractivity contribution in [2.24, 2.45) is 5.92 Å². The molecule has 0 spiro atoms. The Morgan fingerprint density at radius 2 is 2.19 bits per heavy atom. The maximum Gasteiger partial charge on any atom is 0.124 e. The summed E-state index contributed by atoms with van der Waals surface area (Å²) in [7, 11) is 0. The number of aliphatic hydroxyl groups is 1. The smallest absolute Gasteiger partial charge is 0.124 e. The second-order valence-corrected chi connectivity index (χ2v) is 4.38. The van der Waals surface area contributed by atoms with E-state index < -0.39 is 0 Å².